The molecule has 1 aromatic heterocycles. The summed E-state index contributed by atoms with van der Waals surface area (Å²) in [4.78, 5) is 34.8. The van der Waals surface area contributed by atoms with Crippen LogP contribution >= 0.6 is 0 Å². The first-order valence-electron chi connectivity index (χ1n) is 13.6. The molecule has 6 N–H and O–H groups in total. The van der Waals surface area contributed by atoms with E-state index in [0.29, 0.717) is 18.0 Å². The molecule has 8 nitrogen and oxygen atoms in total. The van der Waals surface area contributed by atoms with Crippen molar-refractivity contribution in [2.75, 3.05) is 11.9 Å². The molecule has 0 radical (unpaired) electrons. The van der Waals surface area contributed by atoms with Gasteiger partial charge in [-0.2, -0.15) is 0 Å². The number of carbonyl (C=O) groups excluding carboxylic acids is 2. The van der Waals surface area contributed by atoms with Gasteiger partial charge in [-0.1, -0.05) is 49.9 Å². The predicted octanol–water partition coefficient (Wildman–Crippen LogP) is 4.94. The van der Waals surface area contributed by atoms with Crippen LogP contribution in [-0.2, 0) is 11.2 Å². The molecule has 2 aliphatic carbocycles. The van der Waals surface area contributed by atoms with Crippen LogP contribution < -0.4 is 16.8 Å². The van der Waals surface area contributed by atoms with Gasteiger partial charge >= 0.3 is 5.97 Å². The number of aliphatic carboxylic acids is 1. The molecule has 8 heteroatoms. The quantitative estimate of drug-likeness (QED) is 0.379. The molecule has 1 spiro atoms. The number of aromatic nitrogens is 1. The van der Waals surface area contributed by atoms with Crippen molar-refractivity contribution >= 4 is 34.4 Å². The van der Waals surface area contributed by atoms with Crippen molar-refractivity contribution in [2.45, 2.75) is 70.3 Å². The number of nitrogens with zero attached hydrogens (tertiary/aromatic N) is 1. The number of nitrogens with one attached hydrogen (secondary N) is 1. The number of fused-ring (bicyclic) bond motifs is 3. The highest BCUT2D eigenvalue weighted by molar-refractivity contribution is 6.06. The number of nitrogens with two attached hydrogens (primary N) is 2. The minimum atomic E-state index is -0.968. The number of para-hydroxylation sites is 1. The molecule has 2 saturated carbocycles. The van der Waals surface area contributed by atoms with Crippen LogP contribution in [-0.4, -0.2) is 40.0 Å². The second kappa shape index (κ2) is 10.6. The molecule has 0 saturated heterocycles. The number of hydrogen-bond acceptors (Lipinski definition) is 5. The van der Waals surface area contributed by atoms with Gasteiger partial charge in [0.05, 0.1) is 17.6 Å². The fraction of sp³-hybridized carbons (Fsp3) is 0.433. The molecular formula is C30H36N4O4. The standard InChI is InChI=1S/C28H31N3O2.C2H5NO2/c29-27(33)20-12-11-18(15-22(20)30-19-7-2-1-3-8-19)26-21-9-4-5-10-23(21)31-24(26)16-28(13-6-14-28)17-25(31)32;3-1-2(4)5/h4-5,9-12,15,19,30H,1-3,6-8,13-14,16-17H2,(H2,29,33);1,3H2,(H,4,5). The van der Waals surface area contributed by atoms with Gasteiger partial charge in [0, 0.05) is 34.8 Å². The van der Waals surface area contributed by atoms with Crippen molar-refractivity contribution in [3.8, 4) is 11.1 Å². The molecule has 200 valence electrons. The summed E-state index contributed by atoms with van der Waals surface area (Å²) >= 11 is 0. The predicted molar refractivity (Wildman–Crippen MR) is 148 cm³/mol. The first-order chi connectivity index (χ1) is 18.3. The second-order valence-electron chi connectivity index (χ2n) is 11.0. The van der Waals surface area contributed by atoms with Gasteiger partial charge in [-0.25, -0.2) is 0 Å². The fourth-order valence-electron chi connectivity index (χ4n) is 6.42. The van der Waals surface area contributed by atoms with E-state index >= 15 is 0 Å². The van der Waals surface area contributed by atoms with Crippen LogP contribution in [0.1, 0.15) is 78.6 Å². The molecule has 3 aromatic rings. The first-order valence-corrected chi connectivity index (χ1v) is 13.6. The Bertz CT molecular complexity index is 1380. The molecule has 0 atom stereocenters. The van der Waals surface area contributed by atoms with Crippen molar-refractivity contribution in [1.29, 1.82) is 0 Å². The van der Waals surface area contributed by atoms with Crippen molar-refractivity contribution in [1.82, 2.24) is 4.57 Å². The van der Waals surface area contributed by atoms with E-state index < -0.39 is 11.9 Å². The van der Waals surface area contributed by atoms with E-state index in [1.165, 1.54) is 25.7 Å². The number of hydrogen-bond donors (Lipinski definition) is 4. The molecule has 1 aliphatic heterocycles. The van der Waals surface area contributed by atoms with E-state index in [0.717, 1.165) is 65.5 Å². The van der Waals surface area contributed by atoms with Gasteiger partial charge < -0.3 is 21.9 Å². The van der Waals surface area contributed by atoms with E-state index in [-0.39, 0.29) is 17.9 Å². The summed E-state index contributed by atoms with van der Waals surface area (Å²) in [5.41, 5.74) is 16.1. The van der Waals surface area contributed by atoms with Gasteiger partial charge in [0.15, 0.2) is 0 Å². The van der Waals surface area contributed by atoms with Crippen molar-refractivity contribution in [3.63, 3.8) is 0 Å². The number of primary amides is 1. The smallest absolute Gasteiger partial charge is 0.317 e. The lowest BCUT2D eigenvalue weighted by Gasteiger charge is -2.44. The van der Waals surface area contributed by atoms with Gasteiger partial charge in [0.1, 0.15) is 0 Å². The van der Waals surface area contributed by atoms with Crippen LogP contribution in [0.2, 0.25) is 0 Å². The normalized spacial score (nSPS) is 18.3. The summed E-state index contributed by atoms with van der Waals surface area (Å²) in [5, 5.41) is 12.3. The van der Waals surface area contributed by atoms with Gasteiger partial charge in [0.25, 0.3) is 5.91 Å². The Balaban J connectivity index is 0.000000540. The summed E-state index contributed by atoms with van der Waals surface area (Å²) in [6.45, 7) is -0.278. The Morgan fingerprint density at radius 2 is 1.74 bits per heavy atom. The minimum absolute atomic E-state index is 0.132. The molecule has 0 bridgehead atoms. The first kappa shape index (κ1) is 26.0. The summed E-state index contributed by atoms with van der Waals surface area (Å²) in [6, 6.07) is 14.5. The van der Waals surface area contributed by atoms with Gasteiger partial charge in [-0.15, -0.1) is 0 Å². The Hall–Kier alpha value is -3.65. The maximum Gasteiger partial charge on any atom is 0.317 e. The van der Waals surface area contributed by atoms with Crippen LogP contribution in [0.15, 0.2) is 42.5 Å². The highest BCUT2D eigenvalue weighted by atomic mass is 16.4. The maximum atomic E-state index is 13.3. The lowest BCUT2D eigenvalue weighted by Crippen LogP contribution is -2.40. The largest absolute Gasteiger partial charge is 0.480 e. The third kappa shape index (κ3) is 4.92. The van der Waals surface area contributed by atoms with Gasteiger partial charge in [-0.3, -0.25) is 19.0 Å². The van der Waals surface area contributed by atoms with E-state index in [1.807, 2.05) is 28.8 Å². The summed E-state index contributed by atoms with van der Waals surface area (Å²) in [7, 11) is 0. The van der Waals surface area contributed by atoms with E-state index in [2.05, 4.69) is 29.2 Å². The van der Waals surface area contributed by atoms with Crippen LogP contribution in [0.4, 0.5) is 5.69 Å². The van der Waals surface area contributed by atoms with Crippen molar-refractivity contribution < 1.29 is 19.5 Å². The average molecular weight is 517 g/mol. The Morgan fingerprint density at radius 3 is 2.37 bits per heavy atom. The number of carboxylic acids is 1. The monoisotopic (exact) mass is 516 g/mol. The summed E-state index contributed by atoms with van der Waals surface area (Å²) in [6.07, 6.45) is 11.0. The topological polar surface area (TPSA) is 140 Å². The Kier molecular flexibility index (Phi) is 7.25. The molecule has 2 heterocycles. The molecule has 2 aromatic carbocycles. The number of anilines is 1. The van der Waals surface area contributed by atoms with Crippen LogP contribution in [0, 0.1) is 5.41 Å². The SMILES string of the molecule is NC(=O)c1ccc(-c2c3n(c4ccccc24)C(=O)CC2(CCC2)C3)cc1NC1CCCCC1.NCC(=O)O. The van der Waals surface area contributed by atoms with Gasteiger partial charge in [0.2, 0.25) is 5.91 Å². The molecule has 38 heavy (non-hydrogen) atoms. The van der Waals surface area contributed by atoms with Crippen molar-refractivity contribution in [3.05, 3.63) is 53.7 Å². The second-order valence-corrected chi connectivity index (χ2v) is 11.0. The minimum Gasteiger partial charge on any atom is -0.480 e. The molecule has 3 aliphatic rings. The molecule has 6 rings (SSSR count). The molecular weight excluding hydrogens is 480 g/mol. The Morgan fingerprint density at radius 1 is 1.03 bits per heavy atom. The lowest BCUT2D eigenvalue weighted by atomic mass is 9.62. The van der Waals surface area contributed by atoms with E-state index in [4.69, 9.17) is 10.8 Å². The maximum absolute atomic E-state index is 13.3. The Labute approximate surface area is 222 Å². The number of amides is 1. The zero-order valence-electron chi connectivity index (χ0n) is 21.7. The number of rotatable bonds is 5. The van der Waals surface area contributed by atoms with Gasteiger partial charge in [-0.05, 0) is 61.3 Å². The lowest BCUT2D eigenvalue weighted by molar-refractivity contribution is -0.135. The molecule has 1 amide bonds. The third-order valence-corrected chi connectivity index (χ3v) is 8.42. The summed E-state index contributed by atoms with van der Waals surface area (Å²) in [5.74, 6) is -1.16. The molecule has 2 fully saturated rings. The fourth-order valence-corrected chi connectivity index (χ4v) is 6.42. The highest BCUT2D eigenvalue weighted by Crippen LogP contribution is 2.52. The number of carbonyl (C=O) groups is 3. The van der Waals surface area contributed by atoms with E-state index in [9.17, 15) is 14.4 Å². The highest BCUT2D eigenvalue weighted by Gasteiger charge is 2.45. The van der Waals surface area contributed by atoms with Crippen LogP contribution in [0.25, 0.3) is 22.0 Å². The van der Waals surface area contributed by atoms with Crippen LogP contribution in [0.3, 0.4) is 0 Å². The zero-order chi connectivity index (χ0) is 26.9. The number of carboxylic acid groups (broad SMARTS) is 1. The third-order valence-electron chi connectivity index (χ3n) is 8.42. The average Bonchev–Trinajstić information content (AvgIpc) is 3.23. The zero-order valence-corrected chi connectivity index (χ0v) is 21.7. The molecule has 0 unspecified atom stereocenters. The van der Waals surface area contributed by atoms with Crippen molar-refractivity contribution in [2.24, 2.45) is 16.9 Å². The number of benzene rings is 2. The van der Waals surface area contributed by atoms with Crippen LogP contribution in [0.5, 0.6) is 0 Å². The van der Waals surface area contributed by atoms with E-state index in [1.54, 1.807) is 0 Å². The summed E-state index contributed by atoms with van der Waals surface area (Å²) < 4.78 is 1.96.